The quantitative estimate of drug-likeness (QED) is 0.754. The Bertz CT molecular complexity index is 904. The van der Waals surface area contributed by atoms with E-state index in [2.05, 4.69) is 34.8 Å². The van der Waals surface area contributed by atoms with Crippen molar-refractivity contribution in [3.63, 3.8) is 0 Å². The SMILES string of the molecule is CC1(C)CC(=O)C2=C(C1)Nc1nonc1NC2c1ccc(Cl)cc1Cl. The summed E-state index contributed by atoms with van der Waals surface area (Å²) in [4.78, 5) is 13.0. The van der Waals surface area contributed by atoms with Gasteiger partial charge in [-0.3, -0.25) is 4.79 Å². The molecular weight excluding hydrogens is 363 g/mol. The number of Topliss-reactive ketones (excluding diaryl/α,β-unsaturated/α-hetero) is 1. The smallest absolute Gasteiger partial charge is 0.219 e. The van der Waals surface area contributed by atoms with Gasteiger partial charge in [0.2, 0.25) is 11.6 Å². The number of halogens is 2. The van der Waals surface area contributed by atoms with E-state index in [0.717, 1.165) is 11.3 Å². The average Bonchev–Trinajstić information content (AvgIpc) is 2.86. The molecule has 130 valence electrons. The van der Waals surface area contributed by atoms with Gasteiger partial charge in [-0.05, 0) is 39.8 Å². The summed E-state index contributed by atoms with van der Waals surface area (Å²) in [6, 6.07) is 4.78. The van der Waals surface area contributed by atoms with Crippen LogP contribution in [0, 0.1) is 5.41 Å². The Morgan fingerprint density at radius 3 is 2.72 bits per heavy atom. The van der Waals surface area contributed by atoms with E-state index in [4.69, 9.17) is 27.8 Å². The Morgan fingerprint density at radius 1 is 1.20 bits per heavy atom. The highest BCUT2D eigenvalue weighted by Crippen LogP contribution is 2.45. The van der Waals surface area contributed by atoms with E-state index < -0.39 is 6.04 Å². The molecule has 1 aromatic heterocycles. The summed E-state index contributed by atoms with van der Waals surface area (Å²) in [6.07, 6.45) is 1.18. The van der Waals surface area contributed by atoms with Gasteiger partial charge in [0.15, 0.2) is 5.78 Å². The van der Waals surface area contributed by atoms with E-state index in [9.17, 15) is 4.79 Å². The summed E-state index contributed by atoms with van der Waals surface area (Å²) >= 11 is 12.4. The number of nitrogens with one attached hydrogen (secondary N) is 2. The zero-order valence-corrected chi connectivity index (χ0v) is 15.2. The molecule has 0 saturated heterocycles. The first-order valence-electron chi connectivity index (χ1n) is 7.91. The first-order chi connectivity index (χ1) is 11.8. The molecule has 2 heterocycles. The Balaban J connectivity index is 1.90. The number of carbonyl (C=O) groups is 1. The molecule has 0 radical (unpaired) electrons. The minimum absolute atomic E-state index is 0.0735. The Morgan fingerprint density at radius 2 is 1.96 bits per heavy atom. The maximum absolute atomic E-state index is 13.0. The van der Waals surface area contributed by atoms with Gasteiger partial charge in [-0.25, -0.2) is 4.63 Å². The summed E-state index contributed by atoms with van der Waals surface area (Å²) in [7, 11) is 0. The number of carbonyl (C=O) groups excluding carboxylic acids is 1. The van der Waals surface area contributed by atoms with Crippen molar-refractivity contribution in [1.29, 1.82) is 0 Å². The van der Waals surface area contributed by atoms with Crippen molar-refractivity contribution in [3.8, 4) is 0 Å². The molecule has 2 aromatic rings. The number of aromatic nitrogens is 2. The van der Waals surface area contributed by atoms with Crippen molar-refractivity contribution < 1.29 is 9.42 Å². The fourth-order valence-electron chi connectivity index (χ4n) is 3.47. The van der Waals surface area contributed by atoms with Crippen LogP contribution in [0.5, 0.6) is 0 Å². The number of benzene rings is 1. The van der Waals surface area contributed by atoms with Crippen molar-refractivity contribution in [2.75, 3.05) is 10.6 Å². The summed E-state index contributed by atoms with van der Waals surface area (Å²) < 4.78 is 4.83. The van der Waals surface area contributed by atoms with Gasteiger partial charge in [0.05, 0.1) is 6.04 Å². The van der Waals surface area contributed by atoms with E-state index in [0.29, 0.717) is 40.1 Å². The van der Waals surface area contributed by atoms with Gasteiger partial charge in [-0.15, -0.1) is 0 Å². The number of allylic oxidation sites excluding steroid dienone is 1. The van der Waals surface area contributed by atoms with Crippen LogP contribution < -0.4 is 10.6 Å². The van der Waals surface area contributed by atoms with Crippen LogP contribution in [-0.4, -0.2) is 16.1 Å². The molecule has 1 aliphatic carbocycles. The average molecular weight is 379 g/mol. The van der Waals surface area contributed by atoms with Crippen molar-refractivity contribution in [1.82, 2.24) is 10.3 Å². The lowest BCUT2D eigenvalue weighted by Gasteiger charge is -2.34. The molecule has 8 heteroatoms. The lowest BCUT2D eigenvalue weighted by molar-refractivity contribution is -0.118. The van der Waals surface area contributed by atoms with Gasteiger partial charge in [0, 0.05) is 27.7 Å². The number of anilines is 2. The molecule has 0 bridgehead atoms. The van der Waals surface area contributed by atoms with Crippen LogP contribution in [0.15, 0.2) is 34.1 Å². The van der Waals surface area contributed by atoms with Crippen LogP contribution in [0.3, 0.4) is 0 Å². The van der Waals surface area contributed by atoms with Crippen LogP contribution in [0.25, 0.3) is 0 Å². The molecule has 0 fully saturated rings. The molecule has 1 unspecified atom stereocenters. The fraction of sp³-hybridized carbons (Fsp3) is 0.353. The molecule has 0 spiro atoms. The van der Waals surface area contributed by atoms with Gasteiger partial charge in [0.25, 0.3) is 0 Å². The monoisotopic (exact) mass is 378 g/mol. The molecule has 1 aromatic carbocycles. The zero-order chi connectivity index (χ0) is 17.8. The standard InChI is InChI=1S/C17H16Cl2N4O2/c1-17(2)6-11-13(12(24)7-17)14(9-4-3-8(18)5-10(9)19)21-16-15(20-11)22-25-23-16/h3-5,14H,6-7H2,1-2H3,(H,20,22)(H,21,23). The highest BCUT2D eigenvalue weighted by Gasteiger charge is 2.40. The molecule has 6 nitrogen and oxygen atoms in total. The van der Waals surface area contributed by atoms with E-state index in [1.54, 1.807) is 12.1 Å². The molecule has 1 atom stereocenters. The first kappa shape index (κ1) is 16.4. The zero-order valence-electron chi connectivity index (χ0n) is 13.7. The molecule has 0 amide bonds. The summed E-state index contributed by atoms with van der Waals surface area (Å²) in [5.74, 6) is 0.978. The summed E-state index contributed by atoms with van der Waals surface area (Å²) in [5, 5.41) is 15.3. The number of ketones is 1. The first-order valence-corrected chi connectivity index (χ1v) is 8.67. The van der Waals surface area contributed by atoms with Crippen molar-refractivity contribution in [2.24, 2.45) is 5.41 Å². The second-order valence-electron chi connectivity index (χ2n) is 7.16. The Kier molecular flexibility index (Phi) is 3.77. The predicted octanol–water partition coefficient (Wildman–Crippen LogP) is 4.60. The van der Waals surface area contributed by atoms with E-state index in [1.807, 2.05) is 6.07 Å². The van der Waals surface area contributed by atoms with Gasteiger partial charge in [-0.1, -0.05) is 43.1 Å². The maximum Gasteiger partial charge on any atom is 0.219 e. The van der Waals surface area contributed by atoms with Gasteiger partial charge in [-0.2, -0.15) is 0 Å². The number of hydrogen-bond donors (Lipinski definition) is 2. The Hall–Kier alpha value is -2.05. The molecule has 2 N–H and O–H groups in total. The fourth-order valence-corrected chi connectivity index (χ4v) is 3.98. The highest BCUT2D eigenvalue weighted by atomic mass is 35.5. The number of fused-ring (bicyclic) bond motifs is 1. The van der Waals surface area contributed by atoms with Crippen molar-refractivity contribution in [2.45, 2.75) is 32.7 Å². The van der Waals surface area contributed by atoms with E-state index >= 15 is 0 Å². The summed E-state index contributed by atoms with van der Waals surface area (Å²) in [5.41, 5.74) is 2.09. The van der Waals surface area contributed by atoms with Crippen molar-refractivity contribution >= 4 is 40.6 Å². The van der Waals surface area contributed by atoms with Crippen LogP contribution >= 0.6 is 23.2 Å². The number of nitrogens with zero attached hydrogens (tertiary/aromatic N) is 2. The van der Waals surface area contributed by atoms with Crippen LogP contribution in [0.1, 0.15) is 38.3 Å². The molecule has 4 rings (SSSR count). The molecule has 0 saturated carbocycles. The second-order valence-corrected chi connectivity index (χ2v) is 8.01. The maximum atomic E-state index is 13.0. The third-order valence-electron chi connectivity index (χ3n) is 4.52. The third kappa shape index (κ3) is 2.89. The van der Waals surface area contributed by atoms with E-state index in [-0.39, 0.29) is 11.2 Å². The molecule has 2 aliphatic rings. The van der Waals surface area contributed by atoms with Crippen molar-refractivity contribution in [3.05, 3.63) is 45.1 Å². The molecular formula is C17H16Cl2N4O2. The minimum atomic E-state index is -0.455. The van der Waals surface area contributed by atoms with Gasteiger partial charge in [0.1, 0.15) is 0 Å². The topological polar surface area (TPSA) is 80.1 Å². The summed E-state index contributed by atoms with van der Waals surface area (Å²) in [6.45, 7) is 4.14. The van der Waals surface area contributed by atoms with Gasteiger partial charge >= 0.3 is 0 Å². The number of rotatable bonds is 1. The lowest BCUT2D eigenvalue weighted by Crippen LogP contribution is -2.31. The third-order valence-corrected chi connectivity index (χ3v) is 5.08. The predicted molar refractivity (Wildman–Crippen MR) is 95.8 cm³/mol. The second kappa shape index (κ2) is 5.75. The molecule has 1 aliphatic heterocycles. The van der Waals surface area contributed by atoms with Gasteiger partial charge < -0.3 is 10.6 Å². The Labute approximate surface area is 154 Å². The normalized spacial score (nSPS) is 21.8. The van der Waals surface area contributed by atoms with Crippen LogP contribution in [0.4, 0.5) is 11.6 Å². The van der Waals surface area contributed by atoms with Crippen LogP contribution in [-0.2, 0) is 4.79 Å². The minimum Gasteiger partial charge on any atom is -0.353 e. The highest BCUT2D eigenvalue weighted by molar-refractivity contribution is 6.35. The number of hydrogen-bond acceptors (Lipinski definition) is 6. The largest absolute Gasteiger partial charge is 0.353 e. The molecule has 25 heavy (non-hydrogen) atoms. The lowest BCUT2D eigenvalue weighted by atomic mass is 9.73. The van der Waals surface area contributed by atoms with Crippen LogP contribution in [0.2, 0.25) is 10.0 Å². The van der Waals surface area contributed by atoms with E-state index in [1.165, 1.54) is 0 Å².